The van der Waals surface area contributed by atoms with Crippen molar-refractivity contribution in [3.8, 4) is 5.75 Å². The Kier molecular flexibility index (Phi) is 5.45. The van der Waals surface area contributed by atoms with Crippen molar-refractivity contribution in [3.05, 3.63) is 44.2 Å². The highest BCUT2D eigenvalue weighted by Gasteiger charge is 2.31. The maximum Gasteiger partial charge on any atom is 0.257 e. The van der Waals surface area contributed by atoms with Gasteiger partial charge in [-0.05, 0) is 30.4 Å². The van der Waals surface area contributed by atoms with Gasteiger partial charge < -0.3 is 20.6 Å². The van der Waals surface area contributed by atoms with Gasteiger partial charge in [0.1, 0.15) is 11.4 Å². The van der Waals surface area contributed by atoms with Crippen LogP contribution in [0, 0.1) is 11.8 Å². The molecular formula is C21H27N3O4. The Morgan fingerprint density at radius 3 is 2.46 bits per heavy atom. The van der Waals surface area contributed by atoms with E-state index in [0.29, 0.717) is 11.8 Å². The fourth-order valence-corrected chi connectivity index (χ4v) is 3.81. The van der Waals surface area contributed by atoms with Gasteiger partial charge in [0.15, 0.2) is 5.75 Å². The number of hydrogen-bond acceptors (Lipinski definition) is 6. The van der Waals surface area contributed by atoms with E-state index in [-0.39, 0.29) is 40.3 Å². The van der Waals surface area contributed by atoms with Crippen LogP contribution in [0.25, 0.3) is 0 Å². The zero-order valence-electron chi connectivity index (χ0n) is 16.7. The first-order valence-corrected chi connectivity index (χ1v) is 9.62. The zero-order chi connectivity index (χ0) is 20.6. The molecule has 2 aromatic carbocycles. The van der Waals surface area contributed by atoms with E-state index in [1.165, 1.54) is 11.0 Å². The van der Waals surface area contributed by atoms with Gasteiger partial charge in [-0.25, -0.2) is 0 Å². The molecule has 3 N–H and O–H groups in total. The molecule has 28 heavy (non-hydrogen) atoms. The number of nitrogens with zero attached hydrogens (tertiary/aromatic N) is 1. The quantitative estimate of drug-likeness (QED) is 0.541. The van der Waals surface area contributed by atoms with E-state index in [1.54, 1.807) is 26.2 Å². The monoisotopic (exact) mass is 385 g/mol. The molecular weight excluding hydrogens is 358 g/mol. The van der Waals surface area contributed by atoms with E-state index in [2.05, 4.69) is 24.5 Å². The molecule has 0 radical (unpaired) electrons. The number of phenolic OH excluding ortho intramolecular Hbond substituents is 1. The molecule has 1 aliphatic rings. The largest absolute Gasteiger partial charge is 0.505 e. The van der Waals surface area contributed by atoms with E-state index >= 15 is 0 Å². The molecule has 3 unspecified atom stereocenters. The van der Waals surface area contributed by atoms with Gasteiger partial charge in [-0.1, -0.05) is 32.8 Å². The summed E-state index contributed by atoms with van der Waals surface area (Å²) < 4.78 is 0. The number of hydrogen-bond donors (Lipinski definition) is 3. The lowest BCUT2D eigenvalue weighted by Gasteiger charge is -2.35. The number of rotatable bonds is 5. The first-order valence-electron chi connectivity index (χ1n) is 9.62. The summed E-state index contributed by atoms with van der Waals surface area (Å²) in [6.45, 7) is 4.35. The van der Waals surface area contributed by atoms with Gasteiger partial charge in [0.05, 0.1) is 11.3 Å². The molecule has 1 amide bonds. The van der Waals surface area contributed by atoms with Crippen molar-refractivity contribution in [2.45, 2.75) is 39.2 Å². The third kappa shape index (κ3) is 3.48. The fraction of sp³-hybridized carbons (Fsp3) is 0.476. The Morgan fingerprint density at radius 2 is 1.79 bits per heavy atom. The molecule has 0 spiro atoms. The number of benzene rings is 1. The highest BCUT2D eigenvalue weighted by molar-refractivity contribution is 5.99. The van der Waals surface area contributed by atoms with Crippen LogP contribution in [0.3, 0.4) is 0 Å². The van der Waals surface area contributed by atoms with Gasteiger partial charge in [-0.15, -0.1) is 0 Å². The van der Waals surface area contributed by atoms with Crippen molar-refractivity contribution in [3.63, 3.8) is 0 Å². The highest BCUT2D eigenvalue weighted by Crippen LogP contribution is 2.35. The normalized spacial score (nSPS) is 22.1. The number of anilines is 3. The third-order valence-corrected chi connectivity index (χ3v) is 5.88. The van der Waals surface area contributed by atoms with Crippen LogP contribution in [-0.4, -0.2) is 36.1 Å². The second-order valence-electron chi connectivity index (χ2n) is 7.95. The Balaban J connectivity index is 1.86. The van der Waals surface area contributed by atoms with Crippen molar-refractivity contribution < 1.29 is 9.90 Å². The Hall–Kier alpha value is -2.83. The number of para-hydroxylation sites is 1. The van der Waals surface area contributed by atoms with Gasteiger partial charge in [0, 0.05) is 20.1 Å². The van der Waals surface area contributed by atoms with E-state index in [1.807, 2.05) is 0 Å². The Labute approximate surface area is 164 Å². The molecule has 0 aliphatic heterocycles. The Morgan fingerprint density at radius 1 is 1.11 bits per heavy atom. The smallest absolute Gasteiger partial charge is 0.257 e. The molecule has 3 rings (SSSR count). The van der Waals surface area contributed by atoms with Crippen molar-refractivity contribution >= 4 is 23.0 Å². The van der Waals surface area contributed by atoms with E-state index in [9.17, 15) is 19.5 Å². The van der Waals surface area contributed by atoms with Crippen LogP contribution in [0.1, 0.15) is 43.5 Å². The number of nitrogens with one attached hydrogen (secondary N) is 2. The van der Waals surface area contributed by atoms with E-state index in [4.69, 9.17) is 0 Å². The Bertz CT molecular complexity index is 959. The summed E-state index contributed by atoms with van der Waals surface area (Å²) in [5, 5.41) is 16.6. The summed E-state index contributed by atoms with van der Waals surface area (Å²) in [6, 6.07) is 4.81. The van der Waals surface area contributed by atoms with Gasteiger partial charge in [0.25, 0.3) is 16.8 Å². The second-order valence-corrected chi connectivity index (χ2v) is 7.95. The van der Waals surface area contributed by atoms with Gasteiger partial charge in [0.2, 0.25) is 0 Å². The average molecular weight is 385 g/mol. The molecule has 2 aromatic rings. The summed E-state index contributed by atoms with van der Waals surface area (Å²) in [5.41, 5.74) is -0.429. The molecule has 0 saturated heterocycles. The van der Waals surface area contributed by atoms with E-state index in [0.717, 1.165) is 19.3 Å². The predicted octanol–water partition coefficient (Wildman–Crippen LogP) is 2.67. The molecule has 1 aliphatic carbocycles. The molecule has 7 nitrogen and oxygen atoms in total. The second kappa shape index (κ2) is 7.66. The minimum atomic E-state index is -0.622. The van der Waals surface area contributed by atoms with Crippen molar-refractivity contribution in [1.82, 2.24) is 4.90 Å². The van der Waals surface area contributed by atoms with Crippen LogP contribution in [0.5, 0.6) is 5.75 Å². The molecule has 1 saturated carbocycles. The fourth-order valence-electron chi connectivity index (χ4n) is 3.81. The molecule has 7 heteroatoms. The molecule has 3 atom stereocenters. The average Bonchev–Trinajstić information content (AvgIpc) is 2.67. The number of aromatic hydroxyl groups is 1. The minimum Gasteiger partial charge on any atom is -0.505 e. The van der Waals surface area contributed by atoms with Gasteiger partial charge >= 0.3 is 0 Å². The molecule has 0 aromatic heterocycles. The van der Waals surface area contributed by atoms with Crippen molar-refractivity contribution in [2.75, 3.05) is 24.7 Å². The highest BCUT2D eigenvalue weighted by atomic mass is 16.3. The minimum absolute atomic E-state index is 0.123. The third-order valence-electron chi connectivity index (χ3n) is 5.88. The zero-order valence-corrected chi connectivity index (χ0v) is 16.7. The van der Waals surface area contributed by atoms with Crippen LogP contribution in [-0.2, 0) is 0 Å². The summed E-state index contributed by atoms with van der Waals surface area (Å²) in [4.78, 5) is 37.8. The van der Waals surface area contributed by atoms with Crippen molar-refractivity contribution in [2.24, 2.45) is 11.8 Å². The number of carbonyl (C=O) groups excluding carboxylic acids is 1. The summed E-state index contributed by atoms with van der Waals surface area (Å²) >= 11 is 0. The van der Waals surface area contributed by atoms with Crippen molar-refractivity contribution in [1.29, 1.82) is 0 Å². The maximum atomic E-state index is 12.2. The number of carbonyl (C=O) groups is 1. The number of amides is 1. The summed E-state index contributed by atoms with van der Waals surface area (Å²) in [6.07, 6.45) is 3.19. The van der Waals surface area contributed by atoms with Crippen LogP contribution in [0.4, 0.5) is 17.1 Å². The van der Waals surface area contributed by atoms with Crippen LogP contribution in [0.2, 0.25) is 0 Å². The maximum absolute atomic E-state index is 12.2. The van der Waals surface area contributed by atoms with Crippen LogP contribution >= 0.6 is 0 Å². The summed E-state index contributed by atoms with van der Waals surface area (Å²) in [5.74, 6) is 0.335. The van der Waals surface area contributed by atoms with Crippen LogP contribution in [0.15, 0.2) is 27.8 Å². The lowest BCUT2D eigenvalue weighted by Crippen LogP contribution is -2.42. The van der Waals surface area contributed by atoms with Crippen LogP contribution < -0.4 is 21.5 Å². The lowest BCUT2D eigenvalue weighted by molar-refractivity contribution is 0.0824. The molecule has 0 bridgehead atoms. The van der Waals surface area contributed by atoms with E-state index < -0.39 is 10.9 Å². The first kappa shape index (κ1) is 19.9. The molecule has 1 fully saturated rings. The lowest BCUT2D eigenvalue weighted by atomic mass is 9.78. The number of phenols is 1. The summed E-state index contributed by atoms with van der Waals surface area (Å²) in [7, 11) is 3.18. The predicted molar refractivity (Wildman–Crippen MR) is 110 cm³/mol. The molecule has 0 heterocycles. The topological polar surface area (TPSA) is 98.7 Å². The molecule has 150 valence electrons. The SMILES string of the molecule is CC1CCCC(Nc2c(Nc3cccc(C(=O)N(C)C)c3O)c(=O)c2=O)C1C. The van der Waals surface area contributed by atoms with Gasteiger partial charge in [-0.3, -0.25) is 14.4 Å². The standard InChI is InChI=1S/C21H27N3O4/c1-11-7-5-9-14(12(11)2)22-16-17(20(27)19(16)26)23-15-10-6-8-13(18(15)25)21(28)24(3)4/h6,8,10-12,14,22-23,25H,5,7,9H2,1-4H3. The first-order chi connectivity index (χ1) is 13.2. The van der Waals surface area contributed by atoms with Gasteiger partial charge in [-0.2, -0.15) is 0 Å².